The molecule has 0 saturated carbocycles. The van der Waals surface area contributed by atoms with Crippen molar-refractivity contribution in [1.82, 2.24) is 5.32 Å². The Labute approximate surface area is 374 Å². The van der Waals surface area contributed by atoms with Gasteiger partial charge in [-0.25, -0.2) is 0 Å². The maximum absolute atomic E-state index is 12.9. The van der Waals surface area contributed by atoms with E-state index in [-0.39, 0.29) is 19.1 Å². The number of rotatable bonds is 49. The number of likely N-dealkylation sites (N-methyl/N-ethyl adjacent to an activating group) is 1. The third-order valence-electron chi connectivity index (χ3n) is 12.3. The molecule has 0 aliphatic rings. The third-order valence-corrected chi connectivity index (χ3v) is 13.3. The Morgan fingerprint density at radius 3 is 1.13 bits per heavy atom. The van der Waals surface area contributed by atoms with Crippen LogP contribution < -0.4 is 10.2 Å². The Hall–Kier alpha value is -0.500. The van der Waals surface area contributed by atoms with Gasteiger partial charge >= 0.3 is 0 Å². The highest BCUT2D eigenvalue weighted by molar-refractivity contribution is 7.45. The first-order chi connectivity index (χ1) is 29.0. The number of phosphoric acid groups is 1. The lowest BCUT2D eigenvalue weighted by molar-refractivity contribution is -0.870. The molecule has 0 aliphatic carbocycles. The molecule has 60 heavy (non-hydrogen) atoms. The zero-order chi connectivity index (χ0) is 44.3. The van der Waals surface area contributed by atoms with Crippen molar-refractivity contribution in [2.45, 2.75) is 283 Å². The van der Waals surface area contributed by atoms with Crippen LogP contribution in [0, 0.1) is 0 Å². The Morgan fingerprint density at radius 2 is 0.817 bits per heavy atom. The van der Waals surface area contributed by atoms with Gasteiger partial charge in [0.2, 0.25) is 5.91 Å². The molecule has 2 N–H and O–H groups in total. The molecule has 0 saturated heterocycles. The van der Waals surface area contributed by atoms with Gasteiger partial charge in [0.05, 0.1) is 39.9 Å². The Bertz CT molecular complexity index is 947. The summed E-state index contributed by atoms with van der Waals surface area (Å²) in [6, 6.07) is -0.793. The number of amides is 1. The van der Waals surface area contributed by atoms with Crippen LogP contribution in [0.25, 0.3) is 0 Å². The van der Waals surface area contributed by atoms with Crippen molar-refractivity contribution < 1.29 is 32.9 Å². The maximum Gasteiger partial charge on any atom is 0.268 e. The van der Waals surface area contributed by atoms with Gasteiger partial charge in [-0.05, 0) is 12.8 Å². The van der Waals surface area contributed by atoms with Crippen molar-refractivity contribution in [3.63, 3.8) is 0 Å². The number of carbonyl (C=O) groups is 1. The number of nitrogens with one attached hydrogen (secondary N) is 1. The first-order valence-electron chi connectivity index (χ1n) is 26.4. The molecule has 360 valence electrons. The number of phosphoric ester groups is 1. The van der Waals surface area contributed by atoms with Crippen LogP contribution in [0.2, 0.25) is 0 Å². The van der Waals surface area contributed by atoms with Crippen molar-refractivity contribution in [2.24, 2.45) is 0 Å². The molecule has 0 bridgehead atoms. The fourth-order valence-corrected chi connectivity index (χ4v) is 8.88. The zero-order valence-corrected chi connectivity index (χ0v) is 41.8. The molecule has 0 aromatic heterocycles. The van der Waals surface area contributed by atoms with Gasteiger partial charge in [0.1, 0.15) is 13.2 Å². The third kappa shape index (κ3) is 45.5. The summed E-state index contributed by atoms with van der Waals surface area (Å²) in [4.78, 5) is 25.4. The summed E-state index contributed by atoms with van der Waals surface area (Å²) in [6.45, 7) is 4.75. The summed E-state index contributed by atoms with van der Waals surface area (Å²) in [5, 5.41) is 13.9. The van der Waals surface area contributed by atoms with Crippen molar-refractivity contribution in [3.8, 4) is 0 Å². The molecule has 0 aromatic carbocycles. The molecule has 1 amide bonds. The fraction of sp³-hybridized carbons (Fsp3) is 0.980. The SMILES string of the molecule is CCCCCCCCCCCCCCCCCCCCCCCCCCCCC(=O)N[C@@H](COP(=O)([O-])OCC[N+](C)(C)C)[C@H](O)CCCCCCCCCCCCCC. The lowest BCUT2D eigenvalue weighted by Gasteiger charge is -2.30. The van der Waals surface area contributed by atoms with E-state index in [9.17, 15) is 19.4 Å². The minimum absolute atomic E-state index is 0.0162. The molecule has 1 unspecified atom stereocenters. The molecule has 3 atom stereocenters. The van der Waals surface area contributed by atoms with Crippen LogP contribution in [-0.2, 0) is 18.4 Å². The average molecular weight is 873 g/mol. The van der Waals surface area contributed by atoms with Gasteiger partial charge in [-0.2, -0.15) is 0 Å². The molecule has 8 nitrogen and oxygen atoms in total. The monoisotopic (exact) mass is 873 g/mol. The van der Waals surface area contributed by atoms with E-state index in [0.717, 1.165) is 38.5 Å². The molecule has 0 rings (SSSR count). The number of unbranched alkanes of at least 4 members (excludes halogenated alkanes) is 36. The quantitative estimate of drug-likeness (QED) is 0.0358. The number of carbonyl (C=O) groups excluding carboxylic acids is 1. The number of quaternary nitrogens is 1. The standard InChI is InChI=1S/C51H105N2O6P/c1-6-8-10-12-14-16-18-20-21-22-23-24-25-26-27-28-29-30-31-32-33-35-37-39-41-43-45-51(55)52-49(48-59-60(56,57)58-47-46-53(3,4)5)50(54)44-42-40-38-36-34-19-17-15-13-11-9-7-2/h49-50,54H,6-48H2,1-5H3,(H-,52,55,56,57)/t49-,50+/m0/s1. The summed E-state index contributed by atoms with van der Waals surface area (Å²) in [7, 11) is 1.32. The molecule has 0 fully saturated rings. The number of aliphatic hydroxyl groups excluding tert-OH is 1. The number of hydrogen-bond donors (Lipinski definition) is 2. The first kappa shape index (κ1) is 59.5. The highest BCUT2D eigenvalue weighted by atomic mass is 31.2. The summed E-state index contributed by atoms with van der Waals surface area (Å²) >= 11 is 0. The second kappa shape index (κ2) is 43.7. The largest absolute Gasteiger partial charge is 0.756 e. The molecule has 9 heteroatoms. The Kier molecular flexibility index (Phi) is 43.4. The molecule has 0 aliphatic heterocycles. The van der Waals surface area contributed by atoms with Crippen LogP contribution in [0.3, 0.4) is 0 Å². The highest BCUT2D eigenvalue weighted by Crippen LogP contribution is 2.38. The van der Waals surface area contributed by atoms with Crippen LogP contribution in [0.1, 0.15) is 271 Å². The minimum Gasteiger partial charge on any atom is -0.756 e. The second-order valence-electron chi connectivity index (χ2n) is 19.6. The molecule has 0 spiro atoms. The van der Waals surface area contributed by atoms with E-state index in [0.29, 0.717) is 23.9 Å². The summed E-state index contributed by atoms with van der Waals surface area (Å²) in [5.41, 5.74) is 0. The van der Waals surface area contributed by atoms with Gasteiger partial charge in [-0.15, -0.1) is 0 Å². The Balaban J connectivity index is 4.06. The smallest absolute Gasteiger partial charge is 0.268 e. The van der Waals surface area contributed by atoms with Gasteiger partial charge in [0.15, 0.2) is 0 Å². The number of nitrogens with zero attached hydrogens (tertiary/aromatic N) is 1. The van der Waals surface area contributed by atoms with Crippen LogP contribution in [0.4, 0.5) is 0 Å². The molecular weight excluding hydrogens is 768 g/mol. The summed E-state index contributed by atoms with van der Waals surface area (Å²) < 4.78 is 23.3. The van der Waals surface area contributed by atoms with E-state index in [2.05, 4.69) is 19.2 Å². The van der Waals surface area contributed by atoms with Crippen molar-refractivity contribution >= 4 is 13.7 Å². The summed E-state index contributed by atoms with van der Waals surface area (Å²) in [5.74, 6) is -0.159. The van der Waals surface area contributed by atoms with Gasteiger partial charge in [-0.1, -0.05) is 251 Å². The van der Waals surface area contributed by atoms with E-state index in [1.165, 1.54) is 205 Å². The van der Waals surface area contributed by atoms with Crippen molar-refractivity contribution in [3.05, 3.63) is 0 Å². The fourth-order valence-electron chi connectivity index (χ4n) is 8.16. The van der Waals surface area contributed by atoms with E-state index in [1.807, 2.05) is 21.1 Å². The topological polar surface area (TPSA) is 108 Å². The number of aliphatic hydroxyl groups is 1. The first-order valence-corrected chi connectivity index (χ1v) is 27.8. The van der Waals surface area contributed by atoms with Crippen LogP contribution in [-0.4, -0.2) is 68.5 Å². The lowest BCUT2D eigenvalue weighted by Crippen LogP contribution is -2.46. The average Bonchev–Trinajstić information content (AvgIpc) is 3.20. The normalized spacial score (nSPS) is 14.1. The highest BCUT2D eigenvalue weighted by Gasteiger charge is 2.24. The van der Waals surface area contributed by atoms with Crippen LogP contribution >= 0.6 is 7.82 Å². The van der Waals surface area contributed by atoms with E-state index in [1.54, 1.807) is 0 Å². The van der Waals surface area contributed by atoms with Crippen LogP contribution in [0.5, 0.6) is 0 Å². The molecular formula is C51H105N2O6P. The van der Waals surface area contributed by atoms with Crippen molar-refractivity contribution in [1.29, 1.82) is 0 Å². The van der Waals surface area contributed by atoms with Crippen LogP contribution in [0.15, 0.2) is 0 Å². The van der Waals surface area contributed by atoms with E-state index in [4.69, 9.17) is 9.05 Å². The van der Waals surface area contributed by atoms with Gasteiger partial charge < -0.3 is 28.8 Å². The predicted octanol–water partition coefficient (Wildman–Crippen LogP) is 14.7. The minimum atomic E-state index is -4.56. The molecule has 0 aromatic rings. The second-order valence-corrected chi connectivity index (χ2v) is 21.0. The molecule has 0 radical (unpaired) electrons. The maximum atomic E-state index is 12.9. The molecule has 0 heterocycles. The van der Waals surface area contributed by atoms with Crippen molar-refractivity contribution in [2.75, 3.05) is 40.9 Å². The summed E-state index contributed by atoms with van der Waals surface area (Å²) in [6.07, 6.45) is 49.9. The lowest BCUT2D eigenvalue weighted by atomic mass is 10.0. The van der Waals surface area contributed by atoms with Gasteiger partial charge in [0, 0.05) is 6.42 Å². The Morgan fingerprint density at radius 1 is 0.517 bits per heavy atom. The number of hydrogen-bond acceptors (Lipinski definition) is 6. The van der Waals surface area contributed by atoms with Gasteiger partial charge in [-0.3, -0.25) is 9.36 Å². The van der Waals surface area contributed by atoms with E-state index >= 15 is 0 Å². The van der Waals surface area contributed by atoms with E-state index < -0.39 is 20.0 Å². The predicted molar refractivity (Wildman–Crippen MR) is 256 cm³/mol. The zero-order valence-electron chi connectivity index (χ0n) is 40.9. The van der Waals surface area contributed by atoms with Gasteiger partial charge in [0.25, 0.3) is 7.82 Å².